The summed E-state index contributed by atoms with van der Waals surface area (Å²) in [5.41, 5.74) is -4.23. The molecular weight excluding hydrogens is 309 g/mol. The van der Waals surface area contributed by atoms with Gasteiger partial charge in [0.2, 0.25) is 0 Å². The number of nitrogens with zero attached hydrogens (tertiary/aromatic N) is 2. The first-order chi connectivity index (χ1) is 9.63. The zero-order chi connectivity index (χ0) is 16.1. The van der Waals surface area contributed by atoms with E-state index in [0.29, 0.717) is 6.04 Å². The van der Waals surface area contributed by atoms with E-state index in [0.717, 1.165) is 0 Å². The van der Waals surface area contributed by atoms with E-state index >= 15 is 0 Å². The molecule has 2 rings (SSSR count). The average Bonchev–Trinajstić information content (AvgIpc) is 2.91. The number of halogens is 3. The van der Waals surface area contributed by atoms with Crippen molar-refractivity contribution in [2.45, 2.75) is 18.5 Å². The Morgan fingerprint density at radius 3 is 2.14 bits per heavy atom. The first kappa shape index (κ1) is 17.2. The maximum atomic E-state index is 10.7. The summed E-state index contributed by atoms with van der Waals surface area (Å²) in [5.74, 6) is 0. The number of alkyl halides is 3. The molecule has 0 saturated carbocycles. The molecule has 9 heteroatoms. The van der Waals surface area contributed by atoms with E-state index < -0.39 is 15.6 Å². The summed E-state index contributed by atoms with van der Waals surface area (Å²) >= 11 is 0. The number of aromatic nitrogens is 2. The van der Waals surface area contributed by atoms with E-state index in [1.165, 1.54) is 5.56 Å². The Hall–Kier alpha value is -1.87. The van der Waals surface area contributed by atoms with E-state index in [2.05, 4.69) is 40.7 Å². The van der Waals surface area contributed by atoms with Gasteiger partial charge in [-0.1, -0.05) is 30.3 Å². The second kappa shape index (κ2) is 6.72. The highest BCUT2D eigenvalue weighted by molar-refractivity contribution is 7.86. The molecule has 1 heterocycles. The fourth-order valence-corrected chi connectivity index (χ4v) is 1.40. The van der Waals surface area contributed by atoms with Crippen LogP contribution in [0.25, 0.3) is 0 Å². The van der Waals surface area contributed by atoms with Gasteiger partial charge in [-0.15, -0.1) is 0 Å². The van der Waals surface area contributed by atoms with Crippen LogP contribution in [0.4, 0.5) is 13.2 Å². The fourth-order valence-electron chi connectivity index (χ4n) is 1.40. The number of benzene rings is 1. The molecule has 0 spiro atoms. The predicted octanol–water partition coefficient (Wildman–Crippen LogP) is 2.89. The number of rotatable bonds is 2. The Bertz CT molecular complexity index is 640. The minimum absolute atomic E-state index is 0.365. The molecule has 5 nitrogen and oxygen atoms in total. The van der Waals surface area contributed by atoms with Crippen LogP contribution in [0.5, 0.6) is 0 Å². The molecule has 0 fully saturated rings. The summed E-state index contributed by atoms with van der Waals surface area (Å²) in [5, 5.41) is 0. The first-order valence-corrected chi connectivity index (χ1v) is 7.13. The van der Waals surface area contributed by atoms with Gasteiger partial charge < -0.3 is 4.57 Å². The summed E-state index contributed by atoms with van der Waals surface area (Å²) in [6.07, 6.45) is 5.63. The third-order valence-electron chi connectivity index (χ3n) is 2.55. The SMILES string of the molecule is CC(c1ccccc1)n1ccnc1.O=S(=O)(O)C(F)(F)F. The monoisotopic (exact) mass is 322 g/mol. The lowest BCUT2D eigenvalue weighted by Gasteiger charge is -2.12. The van der Waals surface area contributed by atoms with Crippen LogP contribution in [0.15, 0.2) is 49.1 Å². The predicted molar refractivity (Wildman–Crippen MR) is 70.1 cm³/mol. The second-order valence-electron chi connectivity index (χ2n) is 4.02. The van der Waals surface area contributed by atoms with Crippen LogP contribution in [0.2, 0.25) is 0 Å². The van der Waals surface area contributed by atoms with Crippen molar-refractivity contribution in [3.63, 3.8) is 0 Å². The molecule has 0 amide bonds. The summed E-state index contributed by atoms with van der Waals surface area (Å²) in [6.45, 7) is 2.16. The molecule has 0 aliphatic heterocycles. The van der Waals surface area contributed by atoms with Gasteiger partial charge in [0, 0.05) is 12.4 Å². The molecule has 1 aromatic carbocycles. The molecule has 1 atom stereocenters. The number of hydrogen-bond donors (Lipinski definition) is 1. The fraction of sp³-hybridized carbons (Fsp3) is 0.250. The van der Waals surface area contributed by atoms with Crippen molar-refractivity contribution >= 4 is 10.1 Å². The molecule has 0 radical (unpaired) electrons. The van der Waals surface area contributed by atoms with E-state index in [1.54, 1.807) is 6.20 Å². The van der Waals surface area contributed by atoms with Crippen molar-refractivity contribution in [3.05, 3.63) is 54.6 Å². The second-order valence-corrected chi connectivity index (χ2v) is 5.43. The van der Waals surface area contributed by atoms with Crippen LogP contribution in [0, 0.1) is 0 Å². The standard InChI is InChI=1S/C11H12N2.CHF3O3S/c1-10(13-8-7-12-9-13)11-5-3-2-4-6-11;2-1(3,4)8(5,6)7/h2-10H,1H3;(H,5,6,7). The normalized spacial score (nSPS) is 13.2. The van der Waals surface area contributed by atoms with Crippen molar-refractivity contribution in [2.75, 3.05) is 0 Å². The number of imidazole rings is 1. The Labute approximate surface area is 119 Å². The van der Waals surface area contributed by atoms with Crippen LogP contribution in [0.3, 0.4) is 0 Å². The van der Waals surface area contributed by atoms with Gasteiger partial charge in [0.1, 0.15) is 0 Å². The van der Waals surface area contributed by atoms with E-state index in [1.807, 2.05) is 18.6 Å². The maximum absolute atomic E-state index is 10.7. The van der Waals surface area contributed by atoms with Gasteiger partial charge in [-0.05, 0) is 12.5 Å². The summed E-state index contributed by atoms with van der Waals surface area (Å²) in [7, 11) is -5.84. The lowest BCUT2D eigenvalue weighted by Crippen LogP contribution is -2.21. The smallest absolute Gasteiger partial charge is 0.330 e. The molecule has 0 saturated heterocycles. The quantitative estimate of drug-likeness (QED) is 0.681. The lowest BCUT2D eigenvalue weighted by molar-refractivity contribution is -0.0510. The molecule has 21 heavy (non-hydrogen) atoms. The highest BCUT2D eigenvalue weighted by Gasteiger charge is 2.44. The van der Waals surface area contributed by atoms with Crippen LogP contribution in [0.1, 0.15) is 18.5 Å². The van der Waals surface area contributed by atoms with Gasteiger partial charge in [-0.2, -0.15) is 21.6 Å². The molecule has 116 valence electrons. The molecule has 0 aliphatic rings. The number of hydrogen-bond acceptors (Lipinski definition) is 3. The minimum Gasteiger partial charge on any atom is -0.330 e. The first-order valence-electron chi connectivity index (χ1n) is 5.69. The molecule has 1 N–H and O–H groups in total. The zero-order valence-electron chi connectivity index (χ0n) is 10.9. The molecule has 0 bridgehead atoms. The van der Waals surface area contributed by atoms with Gasteiger partial charge in [-0.3, -0.25) is 4.55 Å². The third-order valence-corrected chi connectivity index (χ3v) is 3.13. The zero-order valence-corrected chi connectivity index (χ0v) is 11.7. The van der Waals surface area contributed by atoms with Gasteiger partial charge in [-0.25, -0.2) is 4.98 Å². The van der Waals surface area contributed by atoms with Crippen molar-refractivity contribution in [1.82, 2.24) is 9.55 Å². The topological polar surface area (TPSA) is 72.2 Å². The van der Waals surface area contributed by atoms with Crippen molar-refractivity contribution < 1.29 is 26.1 Å². The molecule has 2 aromatic rings. The Morgan fingerprint density at radius 2 is 1.76 bits per heavy atom. The van der Waals surface area contributed by atoms with Crippen LogP contribution < -0.4 is 0 Å². The average molecular weight is 322 g/mol. The molecule has 0 aliphatic carbocycles. The summed E-state index contributed by atoms with van der Waals surface area (Å²) in [4.78, 5) is 4.03. The van der Waals surface area contributed by atoms with Crippen molar-refractivity contribution in [2.24, 2.45) is 0 Å². The van der Waals surface area contributed by atoms with E-state index in [4.69, 9.17) is 13.0 Å². The molecular formula is C12H13F3N2O3S. The van der Waals surface area contributed by atoms with Gasteiger partial charge >= 0.3 is 15.6 Å². The minimum atomic E-state index is -5.84. The van der Waals surface area contributed by atoms with Crippen molar-refractivity contribution in [1.29, 1.82) is 0 Å². The molecule has 1 unspecified atom stereocenters. The van der Waals surface area contributed by atoms with Gasteiger partial charge in [0.05, 0.1) is 12.4 Å². The molecule has 1 aromatic heterocycles. The van der Waals surface area contributed by atoms with E-state index in [9.17, 15) is 13.2 Å². The van der Waals surface area contributed by atoms with Crippen molar-refractivity contribution in [3.8, 4) is 0 Å². The van der Waals surface area contributed by atoms with Crippen LogP contribution in [-0.2, 0) is 10.1 Å². The van der Waals surface area contributed by atoms with E-state index in [-0.39, 0.29) is 0 Å². The Morgan fingerprint density at radius 1 is 1.24 bits per heavy atom. The third kappa shape index (κ3) is 5.20. The van der Waals surface area contributed by atoms with Gasteiger partial charge in [0.25, 0.3) is 0 Å². The maximum Gasteiger partial charge on any atom is 0.522 e. The highest BCUT2D eigenvalue weighted by atomic mass is 32.2. The van der Waals surface area contributed by atoms with Crippen LogP contribution in [-0.4, -0.2) is 28.0 Å². The highest BCUT2D eigenvalue weighted by Crippen LogP contribution is 2.20. The Kier molecular flexibility index (Phi) is 5.50. The largest absolute Gasteiger partial charge is 0.522 e. The Balaban J connectivity index is 0.000000240. The van der Waals surface area contributed by atoms with Crippen LogP contribution >= 0.6 is 0 Å². The summed E-state index contributed by atoms with van der Waals surface area (Å²) < 4.78 is 59.6. The summed E-state index contributed by atoms with van der Waals surface area (Å²) in [6, 6.07) is 10.8. The lowest BCUT2D eigenvalue weighted by atomic mass is 10.1. The van der Waals surface area contributed by atoms with Gasteiger partial charge in [0.15, 0.2) is 0 Å².